The van der Waals surface area contributed by atoms with E-state index < -0.39 is 54.0 Å². The quantitative estimate of drug-likeness (QED) is 0.360. The van der Waals surface area contributed by atoms with E-state index in [9.17, 15) is 31.1 Å². The molecule has 0 N–H and O–H groups in total. The van der Waals surface area contributed by atoms with Crippen LogP contribution in [-0.4, -0.2) is 50.6 Å². The molecule has 0 radical (unpaired) electrons. The van der Waals surface area contributed by atoms with E-state index in [0.29, 0.717) is 31.4 Å². The Kier molecular flexibility index (Phi) is 6.66. The van der Waals surface area contributed by atoms with Crippen molar-refractivity contribution in [2.24, 2.45) is 23.7 Å². The highest BCUT2D eigenvalue weighted by molar-refractivity contribution is 5.68. The van der Waals surface area contributed by atoms with Gasteiger partial charge in [-0.25, -0.2) is 27.6 Å². The Bertz CT molecular complexity index is 1210. The van der Waals surface area contributed by atoms with Gasteiger partial charge in [-0.05, 0) is 63.9 Å². The molecule has 208 valence electrons. The Morgan fingerprint density at radius 1 is 1.03 bits per heavy atom. The molecule has 2 aromatic rings. The second kappa shape index (κ2) is 9.44. The monoisotopic (exact) mass is 544 g/mol. The zero-order valence-corrected chi connectivity index (χ0v) is 21.4. The summed E-state index contributed by atoms with van der Waals surface area (Å²) in [6.45, 7) is 5.98. The predicted octanol–water partition coefficient (Wildman–Crippen LogP) is 5.85. The molecule has 2 bridgehead atoms. The number of likely N-dealkylation sites (tertiary alicyclic amines) is 1. The molecule has 2 fully saturated rings. The number of aromatic nitrogens is 3. The van der Waals surface area contributed by atoms with Gasteiger partial charge in [-0.1, -0.05) is 6.07 Å². The molecular formula is C26H30F6N4O2. The number of ether oxygens (including phenoxy) is 1. The van der Waals surface area contributed by atoms with Crippen LogP contribution in [0.5, 0.6) is 0 Å². The van der Waals surface area contributed by atoms with E-state index in [-0.39, 0.29) is 35.2 Å². The second-order valence-corrected chi connectivity index (χ2v) is 11.7. The lowest BCUT2D eigenvalue weighted by Gasteiger charge is -2.38. The van der Waals surface area contributed by atoms with Crippen molar-refractivity contribution in [2.75, 3.05) is 13.1 Å². The van der Waals surface area contributed by atoms with E-state index in [1.165, 1.54) is 0 Å². The number of carbonyl (C=O) groups is 1. The molecule has 1 aromatic heterocycles. The van der Waals surface area contributed by atoms with Crippen LogP contribution in [0.25, 0.3) is 0 Å². The molecule has 5 atom stereocenters. The number of benzene rings is 1. The maximum absolute atomic E-state index is 14.7. The van der Waals surface area contributed by atoms with Crippen molar-refractivity contribution in [3.8, 4) is 0 Å². The summed E-state index contributed by atoms with van der Waals surface area (Å²) in [6, 6.07) is 1.69. The average Bonchev–Trinajstić information content (AvgIpc) is 3.31. The van der Waals surface area contributed by atoms with Crippen LogP contribution in [0.3, 0.4) is 0 Å². The number of hydrogen-bond acceptors (Lipinski definition) is 4. The Morgan fingerprint density at radius 2 is 1.68 bits per heavy atom. The number of piperidine rings is 1. The first kappa shape index (κ1) is 26.8. The van der Waals surface area contributed by atoms with Gasteiger partial charge in [0.05, 0.1) is 12.5 Å². The first-order valence-electron chi connectivity index (χ1n) is 12.8. The van der Waals surface area contributed by atoms with Crippen LogP contribution in [0, 0.1) is 41.1 Å². The lowest BCUT2D eigenvalue weighted by atomic mass is 9.82. The molecule has 3 heterocycles. The first-order chi connectivity index (χ1) is 17.7. The average molecular weight is 545 g/mol. The first-order valence-corrected chi connectivity index (χ1v) is 12.8. The predicted molar refractivity (Wildman–Crippen MR) is 124 cm³/mol. The van der Waals surface area contributed by atoms with Crippen molar-refractivity contribution in [3.05, 3.63) is 46.8 Å². The molecule has 3 unspecified atom stereocenters. The maximum atomic E-state index is 14.7. The molecule has 3 aliphatic rings. The molecule has 1 saturated carbocycles. The van der Waals surface area contributed by atoms with Crippen molar-refractivity contribution in [1.82, 2.24) is 19.7 Å². The summed E-state index contributed by atoms with van der Waals surface area (Å²) in [6.07, 6.45) is -3.27. The summed E-state index contributed by atoms with van der Waals surface area (Å²) in [4.78, 5) is 18.8. The van der Waals surface area contributed by atoms with E-state index in [4.69, 9.17) is 4.74 Å². The minimum absolute atomic E-state index is 0.115. The summed E-state index contributed by atoms with van der Waals surface area (Å²) in [5.74, 6) is -6.79. The highest BCUT2D eigenvalue weighted by Gasteiger charge is 2.48. The third-order valence-corrected chi connectivity index (χ3v) is 7.97. The van der Waals surface area contributed by atoms with Gasteiger partial charge in [0.25, 0.3) is 0 Å². The van der Waals surface area contributed by atoms with Crippen molar-refractivity contribution < 1.29 is 35.9 Å². The molecule has 1 aliphatic carbocycles. The Hall–Kier alpha value is -2.79. The summed E-state index contributed by atoms with van der Waals surface area (Å²) in [5, 5.41) is 4.36. The van der Waals surface area contributed by atoms with Gasteiger partial charge in [-0.3, -0.25) is 0 Å². The zero-order chi connectivity index (χ0) is 27.6. The summed E-state index contributed by atoms with van der Waals surface area (Å²) < 4.78 is 90.0. The highest BCUT2D eigenvalue weighted by atomic mass is 19.4. The Balaban J connectivity index is 1.39. The fourth-order valence-electron chi connectivity index (χ4n) is 6.22. The SMILES string of the molecule is CC(C)(C)OC(=O)N1C[C@H]2CC[C@@H](C1)C2Cc1nc2n(n1)CC(C(F)(F)F)CC2c1ccc(F)c(F)c1F. The van der Waals surface area contributed by atoms with Crippen LogP contribution >= 0.6 is 0 Å². The van der Waals surface area contributed by atoms with Gasteiger partial charge < -0.3 is 9.64 Å². The standard InChI is InChI=1S/C26H30F6N4O2/c1-25(2,3)38-24(37)35-10-13-4-5-14(11-35)17(13)9-20-33-23-18(16-6-7-19(27)22(29)21(16)28)8-15(26(30,31)32)12-36(23)34-20/h6-7,13-15,17-18H,4-5,8-12H2,1-3H3/t13-,14+,15?,17?,18?. The summed E-state index contributed by atoms with van der Waals surface area (Å²) >= 11 is 0. The Morgan fingerprint density at radius 3 is 2.29 bits per heavy atom. The minimum atomic E-state index is -4.58. The van der Waals surface area contributed by atoms with Gasteiger partial charge in [-0.15, -0.1) is 0 Å². The van der Waals surface area contributed by atoms with Crippen LogP contribution < -0.4 is 0 Å². The van der Waals surface area contributed by atoms with E-state index in [1.54, 1.807) is 25.7 Å². The summed E-state index contributed by atoms with van der Waals surface area (Å²) in [7, 11) is 0. The molecule has 12 heteroatoms. The molecular weight excluding hydrogens is 514 g/mol. The molecule has 1 amide bonds. The van der Waals surface area contributed by atoms with Crippen molar-refractivity contribution in [2.45, 2.75) is 70.7 Å². The van der Waals surface area contributed by atoms with Gasteiger partial charge in [0.15, 0.2) is 23.3 Å². The number of fused-ring (bicyclic) bond motifs is 3. The minimum Gasteiger partial charge on any atom is -0.444 e. The van der Waals surface area contributed by atoms with E-state index >= 15 is 0 Å². The normalized spacial score (nSPS) is 27.4. The van der Waals surface area contributed by atoms with Gasteiger partial charge >= 0.3 is 12.3 Å². The fourth-order valence-corrected chi connectivity index (χ4v) is 6.22. The number of alkyl halides is 3. The molecule has 5 rings (SSSR count). The molecule has 2 aliphatic heterocycles. The maximum Gasteiger partial charge on any atom is 0.410 e. The molecule has 0 spiro atoms. The summed E-state index contributed by atoms with van der Waals surface area (Å²) in [5.41, 5.74) is -0.979. The smallest absolute Gasteiger partial charge is 0.410 e. The van der Waals surface area contributed by atoms with E-state index in [2.05, 4.69) is 10.1 Å². The lowest BCUT2D eigenvalue weighted by molar-refractivity contribution is -0.184. The van der Waals surface area contributed by atoms with Crippen molar-refractivity contribution in [3.63, 3.8) is 0 Å². The largest absolute Gasteiger partial charge is 0.444 e. The van der Waals surface area contributed by atoms with E-state index in [0.717, 1.165) is 23.6 Å². The topological polar surface area (TPSA) is 60.2 Å². The van der Waals surface area contributed by atoms with Crippen LogP contribution in [0.2, 0.25) is 0 Å². The molecule has 38 heavy (non-hydrogen) atoms. The Labute approximate surface area is 216 Å². The third-order valence-electron chi connectivity index (χ3n) is 7.97. The number of carbonyl (C=O) groups excluding carboxylic acids is 1. The highest BCUT2D eigenvalue weighted by Crippen LogP contribution is 2.45. The number of nitrogens with zero attached hydrogens (tertiary/aromatic N) is 4. The fraction of sp³-hybridized carbons (Fsp3) is 0.654. The van der Waals surface area contributed by atoms with Gasteiger partial charge in [0, 0.05) is 31.0 Å². The van der Waals surface area contributed by atoms with Crippen LogP contribution in [0.1, 0.15) is 63.2 Å². The van der Waals surface area contributed by atoms with Crippen LogP contribution in [0.15, 0.2) is 12.1 Å². The second-order valence-electron chi connectivity index (χ2n) is 11.7. The van der Waals surface area contributed by atoms with Gasteiger partial charge in [0.1, 0.15) is 11.4 Å². The molecule has 6 nitrogen and oxygen atoms in total. The van der Waals surface area contributed by atoms with Gasteiger partial charge in [-0.2, -0.15) is 18.3 Å². The molecule has 1 saturated heterocycles. The van der Waals surface area contributed by atoms with Crippen LogP contribution in [0.4, 0.5) is 31.1 Å². The van der Waals surface area contributed by atoms with Crippen LogP contribution in [-0.2, 0) is 17.7 Å². The number of rotatable bonds is 3. The van der Waals surface area contributed by atoms with Gasteiger partial charge in [0.2, 0.25) is 0 Å². The number of halogens is 6. The van der Waals surface area contributed by atoms with E-state index in [1.807, 2.05) is 0 Å². The van der Waals surface area contributed by atoms with Crippen molar-refractivity contribution in [1.29, 1.82) is 0 Å². The lowest BCUT2D eigenvalue weighted by Crippen LogP contribution is -2.47. The zero-order valence-electron chi connectivity index (χ0n) is 21.4. The van der Waals surface area contributed by atoms with Crippen molar-refractivity contribution >= 4 is 6.09 Å². The third kappa shape index (κ3) is 5.10. The number of amides is 1. The molecule has 1 aromatic carbocycles. The number of hydrogen-bond donors (Lipinski definition) is 0.